The van der Waals surface area contributed by atoms with E-state index in [9.17, 15) is 14.6 Å². The molecular formula is C7H23O13P3. The van der Waals surface area contributed by atoms with Gasteiger partial charge in [0, 0.05) is 0 Å². The number of esters is 1. The molecule has 0 saturated heterocycles. The van der Waals surface area contributed by atoms with Crippen molar-refractivity contribution in [2.24, 2.45) is 0 Å². The van der Waals surface area contributed by atoms with Crippen LogP contribution >= 0.6 is 24.5 Å². The summed E-state index contributed by atoms with van der Waals surface area (Å²) in [5.74, 6) is -0.828. The van der Waals surface area contributed by atoms with Gasteiger partial charge in [0.05, 0.1) is 0 Å². The summed E-state index contributed by atoms with van der Waals surface area (Å²) in [6, 6.07) is 0. The minimum absolute atomic E-state index is 0.394. The third-order valence-electron chi connectivity index (χ3n) is 2.32. The van der Waals surface area contributed by atoms with Crippen molar-refractivity contribution in [1.29, 1.82) is 0 Å². The molecule has 8 N–H and O–H groups in total. The van der Waals surface area contributed by atoms with E-state index < -0.39 is 55.5 Å². The first kappa shape index (κ1) is 23.3. The van der Waals surface area contributed by atoms with Crippen LogP contribution in [0.1, 0.15) is 19.8 Å². The molecule has 0 aromatic heterocycles. The molecule has 0 saturated carbocycles. The van der Waals surface area contributed by atoms with Gasteiger partial charge in [-0.1, -0.05) is 0 Å². The molecule has 0 heterocycles. The quantitative estimate of drug-likeness (QED) is 0.144. The van der Waals surface area contributed by atoms with Crippen LogP contribution in [0.4, 0.5) is 0 Å². The van der Waals surface area contributed by atoms with Crippen molar-refractivity contribution in [3.05, 3.63) is 0 Å². The van der Waals surface area contributed by atoms with E-state index in [1.165, 1.54) is 6.92 Å². The molecule has 0 aliphatic rings. The molecular weight excluding hydrogens is 385 g/mol. The summed E-state index contributed by atoms with van der Waals surface area (Å²) in [5.41, 5.74) is -1.71. The Kier molecular flexibility index (Phi) is 8.73. The van der Waals surface area contributed by atoms with Gasteiger partial charge in [-0.3, -0.25) is 0 Å². The second-order valence-corrected chi connectivity index (χ2v) is 9.40. The van der Waals surface area contributed by atoms with Gasteiger partial charge < -0.3 is 0 Å². The maximum absolute atomic E-state index is 11.3. The molecule has 1 unspecified atom stereocenters. The number of carbonyl (C=O) groups is 1. The van der Waals surface area contributed by atoms with Crippen molar-refractivity contribution >= 4 is 30.5 Å². The van der Waals surface area contributed by atoms with Gasteiger partial charge in [-0.05, 0) is 0 Å². The second-order valence-electron chi connectivity index (χ2n) is 4.70. The van der Waals surface area contributed by atoms with E-state index in [0.717, 1.165) is 7.11 Å². The third-order valence-corrected chi connectivity index (χ3v) is 5.83. The first-order chi connectivity index (χ1) is 10.1. The van der Waals surface area contributed by atoms with Crippen molar-refractivity contribution < 1.29 is 62.0 Å². The average molecular weight is 408 g/mol. The van der Waals surface area contributed by atoms with Crippen LogP contribution in [0, 0.1) is 0 Å². The van der Waals surface area contributed by atoms with E-state index in [4.69, 9.17) is 29.4 Å². The molecule has 144 valence electrons. The number of ether oxygens (including phenoxy) is 1. The van der Waals surface area contributed by atoms with Crippen molar-refractivity contribution in [1.82, 2.24) is 0 Å². The Morgan fingerprint density at radius 2 is 1.52 bits per heavy atom. The summed E-state index contributed by atoms with van der Waals surface area (Å²) in [4.78, 5) is 82.5. The van der Waals surface area contributed by atoms with Crippen LogP contribution in [0.25, 0.3) is 0 Å². The fraction of sp³-hybridized carbons (Fsp3) is 0.857. The van der Waals surface area contributed by atoms with Gasteiger partial charge in [0.15, 0.2) is 0 Å². The number of methoxy groups -OCH3 is 1. The topological polar surface area (TPSA) is 216 Å². The summed E-state index contributed by atoms with van der Waals surface area (Å²) in [6.07, 6.45) is -0.942. The molecule has 0 aromatic carbocycles. The van der Waals surface area contributed by atoms with Crippen LogP contribution in [-0.2, 0) is 22.9 Å². The van der Waals surface area contributed by atoms with Crippen molar-refractivity contribution in [2.45, 2.75) is 25.4 Å². The molecule has 0 aliphatic carbocycles. The van der Waals surface area contributed by atoms with Gasteiger partial charge >= 0.3 is 132 Å². The molecule has 0 rings (SSSR count). The van der Waals surface area contributed by atoms with E-state index in [1.807, 2.05) is 0 Å². The molecule has 1 atom stereocenters. The Labute approximate surface area is 132 Å². The van der Waals surface area contributed by atoms with Gasteiger partial charge in [0.1, 0.15) is 0 Å². The van der Waals surface area contributed by atoms with E-state index in [1.54, 1.807) is 0 Å². The van der Waals surface area contributed by atoms with Crippen LogP contribution in [0.2, 0.25) is 0 Å². The van der Waals surface area contributed by atoms with E-state index >= 15 is 0 Å². The molecule has 0 radical (unpaired) electrons. The first-order valence-corrected chi connectivity index (χ1v) is 11.2. The summed E-state index contributed by atoms with van der Waals surface area (Å²) < 4.78 is 17.2. The summed E-state index contributed by atoms with van der Waals surface area (Å²) in [7, 11) is -14.3. The van der Waals surface area contributed by atoms with Crippen molar-refractivity contribution in [3.8, 4) is 0 Å². The van der Waals surface area contributed by atoms with Crippen LogP contribution in [-0.4, -0.2) is 64.4 Å². The molecule has 0 aromatic rings. The van der Waals surface area contributed by atoms with Crippen LogP contribution < -0.4 is 0 Å². The number of carbonyl (C=O) groups excluding carboxylic acids is 1. The van der Waals surface area contributed by atoms with Crippen LogP contribution in [0.3, 0.4) is 0 Å². The van der Waals surface area contributed by atoms with E-state index in [-0.39, 0.29) is 0 Å². The molecule has 0 amide bonds. The van der Waals surface area contributed by atoms with Gasteiger partial charge in [0.25, 0.3) is 0 Å². The van der Waals surface area contributed by atoms with Gasteiger partial charge in [-0.25, -0.2) is 0 Å². The zero-order chi connectivity index (χ0) is 18.5. The summed E-state index contributed by atoms with van der Waals surface area (Å²) >= 11 is 0. The third kappa shape index (κ3) is 12.3. The molecule has 0 bridgehead atoms. The Balaban J connectivity index is 4.76. The van der Waals surface area contributed by atoms with Crippen LogP contribution in [0.5, 0.6) is 0 Å². The number of hydrogen-bond donors (Lipinski definition) is 8. The zero-order valence-electron chi connectivity index (χ0n) is 12.2. The predicted octanol–water partition coefficient (Wildman–Crippen LogP) is -2.08. The molecule has 0 aliphatic heterocycles. The maximum atomic E-state index is 11.3. The predicted molar refractivity (Wildman–Crippen MR) is 80.5 cm³/mol. The monoisotopic (exact) mass is 408 g/mol. The standard InChI is InChI=1S/C7H23O13P3/c1-7(5-6(8)17-2,19-21(9,10)11)3-4-18-23(15,16)20-22(12,13)14/h9-16,21-23H,3-5H2,1-2H3. The molecule has 23 heavy (non-hydrogen) atoms. The van der Waals surface area contributed by atoms with Crippen molar-refractivity contribution in [2.75, 3.05) is 13.7 Å². The molecule has 16 heteroatoms. The fourth-order valence-corrected chi connectivity index (χ4v) is 4.36. The average Bonchev–Trinajstić information content (AvgIpc) is 2.21. The van der Waals surface area contributed by atoms with Gasteiger partial charge in [-0.2, -0.15) is 0 Å². The minimum atomic E-state index is -5.24. The number of hydrogen-bond acceptors (Lipinski definition) is 13. The molecule has 0 fully saturated rings. The number of rotatable bonds is 10. The van der Waals surface area contributed by atoms with Gasteiger partial charge in [-0.15, -0.1) is 0 Å². The Bertz CT molecular complexity index is 390. The summed E-state index contributed by atoms with van der Waals surface area (Å²) in [5, 5.41) is 0. The SMILES string of the molecule is COC(=O)CC(C)(CCO[PH](O)(O)O[PH](O)(O)O)O[PH](O)(O)O. The van der Waals surface area contributed by atoms with Crippen molar-refractivity contribution in [3.63, 3.8) is 0 Å². The zero-order valence-corrected chi connectivity index (χ0v) is 15.2. The first-order valence-electron chi connectivity index (χ1n) is 5.98. The molecule has 13 nitrogen and oxygen atoms in total. The Hall–Kier alpha value is 0.320. The normalized spacial score (nSPS) is 18.2. The van der Waals surface area contributed by atoms with Gasteiger partial charge in [0.2, 0.25) is 0 Å². The van der Waals surface area contributed by atoms with Crippen LogP contribution in [0.15, 0.2) is 0 Å². The van der Waals surface area contributed by atoms with E-state index in [2.05, 4.69) is 18.1 Å². The fourth-order valence-electron chi connectivity index (χ4n) is 1.49. The Morgan fingerprint density at radius 3 is 1.91 bits per heavy atom. The second kappa shape index (κ2) is 8.61. The molecule has 0 spiro atoms. The Morgan fingerprint density at radius 1 is 1.00 bits per heavy atom. The van der Waals surface area contributed by atoms with E-state index in [0.29, 0.717) is 0 Å². The summed E-state index contributed by atoms with van der Waals surface area (Å²) in [6.45, 7) is 0.543.